The molecule has 3 rings (SSSR count). The van der Waals surface area contributed by atoms with Crippen molar-refractivity contribution in [2.45, 2.75) is 50.6 Å². The normalized spacial score (nSPS) is 22.8. The molecule has 128 valence electrons. The highest BCUT2D eigenvalue weighted by Crippen LogP contribution is 2.27. The molecule has 2 aliphatic heterocycles. The zero-order valence-corrected chi connectivity index (χ0v) is 14.1. The molecule has 2 N–H and O–H groups in total. The fraction of sp³-hybridized carbons (Fsp3) is 0.765. The smallest absolute Gasteiger partial charge is 0.248 e. The van der Waals surface area contributed by atoms with Crippen LogP contribution in [0.25, 0.3) is 0 Å². The Labute approximate surface area is 138 Å². The van der Waals surface area contributed by atoms with Gasteiger partial charge in [0.2, 0.25) is 5.91 Å². The minimum Gasteiger partial charge on any atom is -0.351 e. The van der Waals surface area contributed by atoms with E-state index < -0.39 is 5.54 Å². The predicted molar refractivity (Wildman–Crippen MR) is 90.2 cm³/mol. The molecule has 0 bridgehead atoms. The van der Waals surface area contributed by atoms with Crippen molar-refractivity contribution in [1.82, 2.24) is 25.3 Å². The molecule has 6 nitrogen and oxygen atoms in total. The van der Waals surface area contributed by atoms with E-state index in [1.807, 2.05) is 16.9 Å². The number of amides is 1. The number of aromatic nitrogens is 2. The molecule has 2 saturated heterocycles. The quantitative estimate of drug-likeness (QED) is 0.848. The van der Waals surface area contributed by atoms with Gasteiger partial charge < -0.3 is 15.5 Å². The van der Waals surface area contributed by atoms with Crippen molar-refractivity contribution < 1.29 is 4.79 Å². The monoisotopic (exact) mass is 319 g/mol. The molecule has 1 aromatic heterocycles. The Morgan fingerprint density at radius 3 is 2.70 bits per heavy atom. The number of carbonyl (C=O) groups is 1. The maximum Gasteiger partial charge on any atom is 0.248 e. The van der Waals surface area contributed by atoms with E-state index in [1.54, 1.807) is 6.20 Å². The minimum absolute atomic E-state index is 0.150. The van der Waals surface area contributed by atoms with Gasteiger partial charge >= 0.3 is 0 Å². The Morgan fingerprint density at radius 2 is 2.09 bits per heavy atom. The van der Waals surface area contributed by atoms with Crippen molar-refractivity contribution in [2.24, 2.45) is 0 Å². The van der Waals surface area contributed by atoms with Crippen LogP contribution in [0.1, 0.15) is 39.0 Å². The summed E-state index contributed by atoms with van der Waals surface area (Å²) in [5.74, 6) is 0.150. The Bertz CT molecular complexity index is 487. The molecule has 1 amide bonds. The van der Waals surface area contributed by atoms with Crippen molar-refractivity contribution in [3.63, 3.8) is 0 Å². The summed E-state index contributed by atoms with van der Waals surface area (Å²) in [6.45, 7) is 7.30. The lowest BCUT2D eigenvalue weighted by atomic mass is 9.86. The Hall–Kier alpha value is -1.40. The average Bonchev–Trinajstić information content (AvgIpc) is 3.12. The molecule has 0 aromatic carbocycles. The fourth-order valence-electron chi connectivity index (χ4n) is 3.86. The van der Waals surface area contributed by atoms with Gasteiger partial charge in [-0.3, -0.25) is 9.48 Å². The summed E-state index contributed by atoms with van der Waals surface area (Å²) in [5.41, 5.74) is -0.519. The van der Waals surface area contributed by atoms with Crippen LogP contribution in [0.5, 0.6) is 0 Å². The fourth-order valence-corrected chi connectivity index (χ4v) is 3.86. The summed E-state index contributed by atoms with van der Waals surface area (Å²) in [7, 11) is 0. The van der Waals surface area contributed by atoms with Crippen molar-refractivity contribution >= 4 is 5.91 Å². The maximum absolute atomic E-state index is 13.1. The van der Waals surface area contributed by atoms with Crippen LogP contribution in [0, 0.1) is 0 Å². The van der Waals surface area contributed by atoms with E-state index in [9.17, 15) is 4.79 Å². The number of nitrogens with zero attached hydrogens (tertiary/aromatic N) is 3. The van der Waals surface area contributed by atoms with Gasteiger partial charge in [0.05, 0.1) is 0 Å². The highest BCUT2D eigenvalue weighted by atomic mass is 16.2. The first kappa shape index (κ1) is 16.5. The lowest BCUT2D eigenvalue weighted by Gasteiger charge is -2.39. The summed E-state index contributed by atoms with van der Waals surface area (Å²) >= 11 is 0. The molecule has 0 saturated carbocycles. The lowest BCUT2D eigenvalue weighted by Crippen LogP contribution is -2.57. The van der Waals surface area contributed by atoms with E-state index in [0.29, 0.717) is 6.04 Å². The second kappa shape index (κ2) is 7.45. The molecular formula is C17H29N5O. The number of rotatable bonds is 5. The minimum atomic E-state index is -0.519. The number of piperidine rings is 2. The van der Waals surface area contributed by atoms with E-state index in [1.165, 1.54) is 13.0 Å². The first-order chi connectivity index (χ1) is 11.2. The van der Waals surface area contributed by atoms with Crippen molar-refractivity contribution in [3.8, 4) is 0 Å². The molecule has 23 heavy (non-hydrogen) atoms. The summed E-state index contributed by atoms with van der Waals surface area (Å²) in [5, 5.41) is 11.1. The van der Waals surface area contributed by atoms with Gasteiger partial charge in [-0.05, 0) is 57.8 Å². The summed E-state index contributed by atoms with van der Waals surface area (Å²) in [6.07, 6.45) is 8.60. The first-order valence-electron chi connectivity index (χ1n) is 8.99. The van der Waals surface area contributed by atoms with Crippen LogP contribution in [0.3, 0.4) is 0 Å². The second-order valence-electron chi connectivity index (χ2n) is 6.82. The highest BCUT2D eigenvalue weighted by Gasteiger charge is 2.42. The van der Waals surface area contributed by atoms with E-state index in [2.05, 4.69) is 27.6 Å². The van der Waals surface area contributed by atoms with Gasteiger partial charge in [-0.15, -0.1) is 0 Å². The first-order valence-corrected chi connectivity index (χ1v) is 8.99. The number of likely N-dealkylation sites (tertiary alicyclic amines) is 1. The SMILES string of the molecule is CCCN1CCC(NC(=O)C2(n3cccn3)CCNCC2)CC1. The van der Waals surface area contributed by atoms with Gasteiger partial charge in [0, 0.05) is 31.5 Å². The molecular weight excluding hydrogens is 290 g/mol. The van der Waals surface area contributed by atoms with Crippen LogP contribution in [0.4, 0.5) is 0 Å². The topological polar surface area (TPSA) is 62.2 Å². The number of nitrogens with one attached hydrogen (secondary N) is 2. The van der Waals surface area contributed by atoms with Gasteiger partial charge in [0.15, 0.2) is 0 Å². The van der Waals surface area contributed by atoms with Crippen molar-refractivity contribution in [1.29, 1.82) is 0 Å². The summed E-state index contributed by atoms with van der Waals surface area (Å²) in [6, 6.07) is 2.21. The van der Waals surface area contributed by atoms with Gasteiger partial charge in [-0.1, -0.05) is 6.92 Å². The van der Waals surface area contributed by atoms with Crippen LogP contribution >= 0.6 is 0 Å². The maximum atomic E-state index is 13.1. The molecule has 0 spiro atoms. The molecule has 3 heterocycles. The second-order valence-corrected chi connectivity index (χ2v) is 6.82. The highest BCUT2D eigenvalue weighted by molar-refractivity contribution is 5.84. The standard InChI is InChI=1S/C17H29N5O/c1-2-11-21-13-4-15(5-14-21)20-16(23)17(6-9-18-10-7-17)22-12-3-8-19-22/h3,8,12,15,18H,2,4-7,9-11,13-14H2,1H3,(H,20,23). The van der Waals surface area contributed by atoms with Gasteiger partial charge in [0.25, 0.3) is 0 Å². The molecule has 2 fully saturated rings. The van der Waals surface area contributed by atoms with Gasteiger partial charge in [0.1, 0.15) is 5.54 Å². The molecule has 0 aliphatic carbocycles. The van der Waals surface area contributed by atoms with Crippen LogP contribution in [0.15, 0.2) is 18.5 Å². The molecule has 6 heteroatoms. The Morgan fingerprint density at radius 1 is 1.35 bits per heavy atom. The number of carbonyl (C=O) groups excluding carboxylic acids is 1. The molecule has 2 aliphatic rings. The molecule has 1 aromatic rings. The van der Waals surface area contributed by atoms with E-state index in [-0.39, 0.29) is 5.91 Å². The van der Waals surface area contributed by atoms with E-state index in [4.69, 9.17) is 0 Å². The third-order valence-electron chi connectivity index (χ3n) is 5.26. The lowest BCUT2D eigenvalue weighted by molar-refractivity contribution is -0.133. The zero-order chi connectivity index (χ0) is 16.1. The van der Waals surface area contributed by atoms with Crippen molar-refractivity contribution in [2.75, 3.05) is 32.7 Å². The van der Waals surface area contributed by atoms with E-state index in [0.717, 1.165) is 51.9 Å². The largest absolute Gasteiger partial charge is 0.351 e. The summed E-state index contributed by atoms with van der Waals surface area (Å²) in [4.78, 5) is 15.6. The Balaban J connectivity index is 1.63. The number of hydrogen-bond acceptors (Lipinski definition) is 4. The summed E-state index contributed by atoms with van der Waals surface area (Å²) < 4.78 is 1.87. The van der Waals surface area contributed by atoms with Crippen LogP contribution in [-0.2, 0) is 10.3 Å². The van der Waals surface area contributed by atoms with Crippen LogP contribution in [-0.4, -0.2) is 59.4 Å². The third-order valence-corrected chi connectivity index (χ3v) is 5.26. The number of hydrogen-bond donors (Lipinski definition) is 2. The third kappa shape index (κ3) is 3.58. The van der Waals surface area contributed by atoms with Gasteiger partial charge in [-0.25, -0.2) is 0 Å². The molecule has 0 unspecified atom stereocenters. The van der Waals surface area contributed by atoms with Gasteiger partial charge in [-0.2, -0.15) is 5.10 Å². The average molecular weight is 319 g/mol. The Kier molecular flexibility index (Phi) is 5.33. The van der Waals surface area contributed by atoms with Crippen LogP contribution < -0.4 is 10.6 Å². The van der Waals surface area contributed by atoms with Crippen molar-refractivity contribution in [3.05, 3.63) is 18.5 Å². The molecule has 0 atom stereocenters. The zero-order valence-electron chi connectivity index (χ0n) is 14.1. The predicted octanol–water partition coefficient (Wildman–Crippen LogP) is 0.952. The van der Waals surface area contributed by atoms with E-state index >= 15 is 0 Å². The molecule has 0 radical (unpaired) electrons. The van der Waals surface area contributed by atoms with Crippen LogP contribution in [0.2, 0.25) is 0 Å².